The van der Waals surface area contributed by atoms with E-state index in [2.05, 4.69) is 10.4 Å². The maximum Gasteiger partial charge on any atom is 0.276 e. The topological polar surface area (TPSA) is 73.2 Å². The number of carbonyl (C=O) groups excluding carboxylic acids is 1. The predicted molar refractivity (Wildman–Crippen MR) is 90.3 cm³/mol. The van der Waals surface area contributed by atoms with Crippen molar-refractivity contribution in [3.8, 4) is 11.5 Å². The third-order valence-corrected chi connectivity index (χ3v) is 3.37. The van der Waals surface area contributed by atoms with Crippen LogP contribution < -0.4 is 15.6 Å². The van der Waals surface area contributed by atoms with E-state index in [1.54, 1.807) is 24.3 Å². The van der Waals surface area contributed by atoms with E-state index in [1.165, 1.54) is 43.4 Å². The minimum Gasteiger partial charge on any atom is -0.455 e. The fourth-order valence-corrected chi connectivity index (χ4v) is 2.10. The van der Waals surface area contributed by atoms with E-state index in [1.807, 2.05) is 0 Å². The maximum absolute atomic E-state index is 13.0. The van der Waals surface area contributed by atoms with Crippen LogP contribution in [-0.4, -0.2) is 15.7 Å². The van der Waals surface area contributed by atoms with Gasteiger partial charge < -0.3 is 10.1 Å². The average molecular weight is 339 g/mol. The minimum atomic E-state index is -0.481. The number of benzene rings is 2. The molecule has 0 radical (unpaired) electrons. The van der Waals surface area contributed by atoms with Crippen LogP contribution in [0.25, 0.3) is 0 Å². The molecule has 126 valence electrons. The Balaban J connectivity index is 1.82. The Morgan fingerprint density at radius 2 is 1.80 bits per heavy atom. The lowest BCUT2D eigenvalue weighted by Crippen LogP contribution is -2.23. The number of carbonyl (C=O) groups is 1. The number of nitrogens with zero attached hydrogens (tertiary/aromatic N) is 2. The van der Waals surface area contributed by atoms with Gasteiger partial charge in [-0.3, -0.25) is 9.59 Å². The number of halogens is 1. The zero-order chi connectivity index (χ0) is 17.8. The summed E-state index contributed by atoms with van der Waals surface area (Å²) in [6.45, 7) is 0. The molecular weight excluding hydrogens is 325 g/mol. The van der Waals surface area contributed by atoms with Gasteiger partial charge in [-0.25, -0.2) is 9.07 Å². The zero-order valence-corrected chi connectivity index (χ0v) is 13.3. The molecular formula is C18H14FN3O3. The van der Waals surface area contributed by atoms with E-state index in [9.17, 15) is 14.0 Å². The number of nitrogens with one attached hydrogen (secondary N) is 1. The minimum absolute atomic E-state index is 0.0960. The van der Waals surface area contributed by atoms with Crippen LogP contribution in [0.15, 0.2) is 65.5 Å². The van der Waals surface area contributed by atoms with Crippen LogP contribution in [0.5, 0.6) is 11.5 Å². The van der Waals surface area contributed by atoms with Gasteiger partial charge in [-0.2, -0.15) is 5.10 Å². The molecule has 0 bridgehead atoms. The second-order valence-corrected chi connectivity index (χ2v) is 5.19. The van der Waals surface area contributed by atoms with Gasteiger partial charge in [0.05, 0.1) is 5.69 Å². The molecule has 2 aromatic carbocycles. The van der Waals surface area contributed by atoms with Gasteiger partial charge in [-0.15, -0.1) is 0 Å². The highest BCUT2D eigenvalue weighted by molar-refractivity contribution is 6.03. The van der Waals surface area contributed by atoms with E-state index >= 15 is 0 Å². The first kappa shape index (κ1) is 16.4. The van der Waals surface area contributed by atoms with Crippen molar-refractivity contribution in [3.05, 3.63) is 82.5 Å². The van der Waals surface area contributed by atoms with Crippen LogP contribution in [0.4, 0.5) is 10.1 Å². The number of ether oxygens (including phenoxy) is 1. The Labute approximate surface area is 142 Å². The number of hydrogen-bond donors (Lipinski definition) is 1. The summed E-state index contributed by atoms with van der Waals surface area (Å²) in [6, 6.07) is 15.0. The number of hydrogen-bond acceptors (Lipinski definition) is 4. The lowest BCUT2D eigenvalue weighted by atomic mass is 10.2. The molecule has 0 aliphatic heterocycles. The van der Waals surface area contributed by atoms with Crippen molar-refractivity contribution in [3.63, 3.8) is 0 Å². The quantitative estimate of drug-likeness (QED) is 0.793. The Morgan fingerprint density at radius 1 is 1.08 bits per heavy atom. The molecule has 0 atom stereocenters. The van der Waals surface area contributed by atoms with Crippen molar-refractivity contribution in [1.82, 2.24) is 9.78 Å². The molecule has 1 heterocycles. The number of aromatic nitrogens is 2. The Hall–Kier alpha value is -3.48. The van der Waals surface area contributed by atoms with Gasteiger partial charge in [0.15, 0.2) is 5.75 Å². The van der Waals surface area contributed by atoms with Gasteiger partial charge in [0.25, 0.3) is 11.5 Å². The Morgan fingerprint density at radius 3 is 2.52 bits per heavy atom. The number of anilines is 1. The second-order valence-electron chi connectivity index (χ2n) is 5.19. The molecule has 1 amide bonds. The fraction of sp³-hybridized carbons (Fsp3) is 0.0556. The Bertz CT molecular complexity index is 968. The highest BCUT2D eigenvalue weighted by Crippen LogP contribution is 2.29. The Kier molecular flexibility index (Phi) is 4.56. The number of aryl methyl sites for hydroxylation is 1. The number of para-hydroxylation sites is 2. The first-order valence-corrected chi connectivity index (χ1v) is 7.41. The molecule has 3 rings (SSSR count). The van der Waals surface area contributed by atoms with E-state index in [0.717, 1.165) is 4.68 Å². The third-order valence-electron chi connectivity index (χ3n) is 3.37. The van der Waals surface area contributed by atoms with Crippen molar-refractivity contribution in [1.29, 1.82) is 0 Å². The van der Waals surface area contributed by atoms with Gasteiger partial charge in [0.2, 0.25) is 0 Å². The molecule has 6 nitrogen and oxygen atoms in total. The van der Waals surface area contributed by atoms with Crippen LogP contribution in [0, 0.1) is 5.82 Å². The van der Waals surface area contributed by atoms with Gasteiger partial charge in [-0.1, -0.05) is 12.1 Å². The first-order valence-electron chi connectivity index (χ1n) is 7.41. The van der Waals surface area contributed by atoms with E-state index in [4.69, 9.17) is 4.74 Å². The lowest BCUT2D eigenvalue weighted by molar-refractivity contribution is 0.101. The normalized spacial score (nSPS) is 10.3. The second kappa shape index (κ2) is 6.96. The van der Waals surface area contributed by atoms with Crippen molar-refractivity contribution < 1.29 is 13.9 Å². The van der Waals surface area contributed by atoms with Crippen LogP contribution in [-0.2, 0) is 7.05 Å². The van der Waals surface area contributed by atoms with Crippen molar-refractivity contribution in [2.75, 3.05) is 5.32 Å². The summed E-state index contributed by atoms with van der Waals surface area (Å²) in [5, 5.41) is 6.59. The SMILES string of the molecule is Cn1nc(C(=O)Nc2ccccc2Oc2ccc(F)cc2)ccc1=O. The molecule has 3 aromatic rings. The summed E-state index contributed by atoms with van der Waals surface area (Å²) >= 11 is 0. The summed E-state index contributed by atoms with van der Waals surface area (Å²) in [7, 11) is 1.46. The molecule has 25 heavy (non-hydrogen) atoms. The maximum atomic E-state index is 13.0. The monoisotopic (exact) mass is 339 g/mol. The molecule has 0 saturated heterocycles. The molecule has 0 spiro atoms. The molecule has 0 fully saturated rings. The van der Waals surface area contributed by atoms with Crippen LogP contribution in [0.1, 0.15) is 10.5 Å². The zero-order valence-electron chi connectivity index (χ0n) is 13.3. The fourth-order valence-electron chi connectivity index (χ4n) is 2.10. The number of rotatable bonds is 4. The van der Waals surface area contributed by atoms with Crippen molar-refractivity contribution >= 4 is 11.6 Å². The molecule has 0 aliphatic carbocycles. The standard InChI is InChI=1S/C18H14FN3O3/c1-22-17(23)11-10-15(21-22)18(24)20-14-4-2-3-5-16(14)25-13-8-6-12(19)7-9-13/h2-11H,1H3,(H,20,24). The van der Waals surface area contributed by atoms with Crippen molar-refractivity contribution in [2.45, 2.75) is 0 Å². The molecule has 0 aliphatic rings. The summed E-state index contributed by atoms with van der Waals surface area (Å²) in [4.78, 5) is 23.7. The predicted octanol–water partition coefficient (Wildman–Crippen LogP) is 2.96. The van der Waals surface area contributed by atoms with Gasteiger partial charge in [-0.05, 0) is 42.5 Å². The largest absolute Gasteiger partial charge is 0.455 e. The van der Waals surface area contributed by atoms with E-state index in [0.29, 0.717) is 17.2 Å². The summed E-state index contributed by atoms with van der Waals surface area (Å²) in [6.07, 6.45) is 0. The molecule has 0 saturated carbocycles. The highest BCUT2D eigenvalue weighted by atomic mass is 19.1. The highest BCUT2D eigenvalue weighted by Gasteiger charge is 2.12. The summed E-state index contributed by atoms with van der Waals surface area (Å²) in [5.74, 6) is -0.0175. The average Bonchev–Trinajstić information content (AvgIpc) is 2.61. The smallest absolute Gasteiger partial charge is 0.276 e. The van der Waals surface area contributed by atoms with Gasteiger partial charge >= 0.3 is 0 Å². The van der Waals surface area contributed by atoms with Gasteiger partial charge in [0.1, 0.15) is 17.3 Å². The van der Waals surface area contributed by atoms with Crippen LogP contribution in [0.2, 0.25) is 0 Å². The van der Waals surface area contributed by atoms with Crippen molar-refractivity contribution in [2.24, 2.45) is 7.05 Å². The molecule has 1 N–H and O–H groups in total. The number of amides is 1. The first-order chi connectivity index (χ1) is 12.0. The summed E-state index contributed by atoms with van der Waals surface area (Å²) < 4.78 is 19.7. The third kappa shape index (κ3) is 3.89. The lowest BCUT2D eigenvalue weighted by Gasteiger charge is -2.12. The van der Waals surface area contributed by atoms with Crippen LogP contribution >= 0.6 is 0 Å². The van der Waals surface area contributed by atoms with Crippen LogP contribution in [0.3, 0.4) is 0 Å². The molecule has 0 unspecified atom stereocenters. The molecule has 1 aromatic heterocycles. The van der Waals surface area contributed by atoms with Gasteiger partial charge in [0, 0.05) is 13.1 Å². The van der Waals surface area contributed by atoms with E-state index in [-0.39, 0.29) is 17.1 Å². The van der Waals surface area contributed by atoms with E-state index < -0.39 is 5.91 Å². The molecule has 7 heteroatoms. The summed E-state index contributed by atoms with van der Waals surface area (Å²) in [5.41, 5.74) is 0.211.